The lowest BCUT2D eigenvalue weighted by Crippen LogP contribution is -2.38. The molecule has 0 atom stereocenters. The molecule has 6 heteroatoms. The Hall–Kier alpha value is -2.34. The highest BCUT2D eigenvalue weighted by Gasteiger charge is 2.26. The highest BCUT2D eigenvalue weighted by Crippen LogP contribution is 2.28. The summed E-state index contributed by atoms with van der Waals surface area (Å²) in [5, 5.41) is 13.5. The molecule has 4 rings (SSSR count). The van der Waals surface area contributed by atoms with Gasteiger partial charge in [0.2, 0.25) is 0 Å². The Morgan fingerprint density at radius 2 is 1.92 bits per heavy atom. The number of hydrogen-bond acceptors (Lipinski definition) is 5. The number of rotatable bonds is 3. The molecule has 0 bridgehead atoms. The van der Waals surface area contributed by atoms with Gasteiger partial charge < -0.3 is 4.90 Å². The molecule has 1 fully saturated rings. The molecule has 0 saturated carbocycles. The molecule has 0 aliphatic carbocycles. The first-order chi connectivity index (χ1) is 11.7. The molecule has 1 saturated heterocycles. The summed E-state index contributed by atoms with van der Waals surface area (Å²) in [5.74, 6) is 1.41. The second-order valence-corrected chi connectivity index (χ2v) is 6.69. The Morgan fingerprint density at radius 1 is 1.08 bits per heavy atom. The normalized spacial score (nSPS) is 17.0. The predicted molar refractivity (Wildman–Crippen MR) is 92.7 cm³/mol. The van der Waals surface area contributed by atoms with Gasteiger partial charge in [0.15, 0.2) is 11.5 Å². The van der Waals surface area contributed by atoms with Gasteiger partial charge in [0.05, 0.1) is 5.69 Å². The number of piperidine rings is 1. The molecule has 4 heterocycles. The van der Waals surface area contributed by atoms with Crippen molar-refractivity contribution < 1.29 is 0 Å². The highest BCUT2D eigenvalue weighted by molar-refractivity contribution is 5.58. The van der Waals surface area contributed by atoms with E-state index in [0.717, 1.165) is 48.7 Å². The molecule has 0 amide bonds. The topological polar surface area (TPSA) is 59.2 Å². The average molecular weight is 322 g/mol. The Kier molecular flexibility index (Phi) is 3.98. The molecular weight excluding hydrogens is 300 g/mol. The van der Waals surface area contributed by atoms with Crippen LogP contribution in [0.2, 0.25) is 0 Å². The first kappa shape index (κ1) is 15.2. The van der Waals surface area contributed by atoms with Crippen molar-refractivity contribution in [2.24, 2.45) is 0 Å². The van der Waals surface area contributed by atoms with Crippen molar-refractivity contribution in [3.63, 3.8) is 0 Å². The largest absolute Gasteiger partial charge is 0.301 e. The summed E-state index contributed by atoms with van der Waals surface area (Å²) < 4.78 is 1.91. The Labute approximate surface area is 141 Å². The summed E-state index contributed by atoms with van der Waals surface area (Å²) in [5.41, 5.74) is 2.72. The minimum atomic E-state index is 0.423. The zero-order valence-corrected chi connectivity index (χ0v) is 14.1. The van der Waals surface area contributed by atoms with Gasteiger partial charge in [-0.25, -0.2) is 0 Å². The number of hydrogen-bond donors (Lipinski definition) is 0. The first-order valence-electron chi connectivity index (χ1n) is 8.59. The standard InChI is InChI=1S/C18H22N6/c1-13(2)23-10-7-14(8-11-23)18-21-20-17-6-5-16(22-24(17)18)15-4-3-9-19-12-15/h3-6,9,12-14H,7-8,10-11H2,1-2H3. The Bertz CT molecular complexity index is 818. The van der Waals surface area contributed by atoms with Crippen LogP contribution < -0.4 is 0 Å². The Morgan fingerprint density at radius 3 is 2.62 bits per heavy atom. The third-order valence-electron chi connectivity index (χ3n) is 4.87. The van der Waals surface area contributed by atoms with Crippen LogP contribution in [0.3, 0.4) is 0 Å². The molecule has 0 radical (unpaired) electrons. The van der Waals surface area contributed by atoms with Crippen molar-refractivity contribution in [3.8, 4) is 11.3 Å². The lowest BCUT2D eigenvalue weighted by atomic mass is 9.95. The second-order valence-electron chi connectivity index (χ2n) is 6.69. The van der Waals surface area contributed by atoms with Gasteiger partial charge in [-0.05, 0) is 64.0 Å². The molecule has 6 nitrogen and oxygen atoms in total. The van der Waals surface area contributed by atoms with Gasteiger partial charge in [-0.2, -0.15) is 9.61 Å². The summed E-state index contributed by atoms with van der Waals surface area (Å²) in [7, 11) is 0. The molecule has 3 aromatic rings. The van der Waals surface area contributed by atoms with Crippen LogP contribution >= 0.6 is 0 Å². The van der Waals surface area contributed by atoms with Gasteiger partial charge in [-0.15, -0.1) is 10.2 Å². The van der Waals surface area contributed by atoms with Crippen molar-refractivity contribution >= 4 is 5.65 Å². The van der Waals surface area contributed by atoms with E-state index in [4.69, 9.17) is 5.10 Å². The number of aromatic nitrogens is 5. The summed E-state index contributed by atoms with van der Waals surface area (Å²) in [6.45, 7) is 6.74. The molecule has 1 aliphatic heterocycles. The minimum absolute atomic E-state index is 0.423. The minimum Gasteiger partial charge on any atom is -0.301 e. The van der Waals surface area contributed by atoms with Crippen LogP contribution in [0.4, 0.5) is 0 Å². The van der Waals surface area contributed by atoms with E-state index in [2.05, 4.69) is 33.9 Å². The monoisotopic (exact) mass is 322 g/mol. The van der Waals surface area contributed by atoms with Gasteiger partial charge in [-0.3, -0.25) is 4.98 Å². The quantitative estimate of drug-likeness (QED) is 0.742. The van der Waals surface area contributed by atoms with Crippen molar-refractivity contribution in [2.45, 2.75) is 38.6 Å². The van der Waals surface area contributed by atoms with Gasteiger partial charge in [0.1, 0.15) is 0 Å². The van der Waals surface area contributed by atoms with Crippen LogP contribution in [0.25, 0.3) is 16.9 Å². The fourth-order valence-electron chi connectivity index (χ4n) is 3.40. The van der Waals surface area contributed by atoms with Crippen LogP contribution in [0.1, 0.15) is 38.4 Å². The maximum atomic E-state index is 4.77. The molecule has 0 aromatic carbocycles. The van der Waals surface area contributed by atoms with E-state index in [1.807, 2.05) is 35.0 Å². The van der Waals surface area contributed by atoms with E-state index in [-0.39, 0.29) is 0 Å². The first-order valence-corrected chi connectivity index (χ1v) is 8.59. The highest BCUT2D eigenvalue weighted by atomic mass is 15.4. The summed E-state index contributed by atoms with van der Waals surface area (Å²) in [6.07, 6.45) is 5.82. The SMILES string of the molecule is CC(C)N1CCC(c2nnc3ccc(-c4cccnc4)nn23)CC1. The van der Waals surface area contributed by atoms with Crippen molar-refractivity contribution in [2.75, 3.05) is 13.1 Å². The van der Waals surface area contributed by atoms with E-state index >= 15 is 0 Å². The molecule has 3 aromatic heterocycles. The van der Waals surface area contributed by atoms with Crippen molar-refractivity contribution in [1.82, 2.24) is 29.7 Å². The number of likely N-dealkylation sites (tertiary alicyclic amines) is 1. The number of pyridine rings is 1. The van der Waals surface area contributed by atoms with Gasteiger partial charge in [-0.1, -0.05) is 0 Å². The molecule has 124 valence electrons. The zero-order valence-electron chi connectivity index (χ0n) is 14.1. The van der Waals surface area contributed by atoms with Gasteiger partial charge in [0.25, 0.3) is 0 Å². The maximum absolute atomic E-state index is 4.77. The lowest BCUT2D eigenvalue weighted by molar-refractivity contribution is 0.169. The average Bonchev–Trinajstić information content (AvgIpc) is 3.05. The summed E-state index contributed by atoms with van der Waals surface area (Å²) in [4.78, 5) is 6.70. The maximum Gasteiger partial charge on any atom is 0.177 e. The van der Waals surface area contributed by atoms with Gasteiger partial charge in [0, 0.05) is 29.9 Å². The fraction of sp³-hybridized carbons (Fsp3) is 0.444. The molecule has 0 N–H and O–H groups in total. The molecule has 1 aliphatic rings. The smallest absolute Gasteiger partial charge is 0.177 e. The molecule has 0 unspecified atom stereocenters. The van der Waals surface area contributed by atoms with Gasteiger partial charge >= 0.3 is 0 Å². The van der Waals surface area contributed by atoms with Crippen LogP contribution in [-0.2, 0) is 0 Å². The van der Waals surface area contributed by atoms with Crippen LogP contribution in [0.15, 0.2) is 36.7 Å². The van der Waals surface area contributed by atoms with Crippen molar-refractivity contribution in [3.05, 3.63) is 42.5 Å². The Balaban J connectivity index is 1.65. The third-order valence-corrected chi connectivity index (χ3v) is 4.87. The van der Waals surface area contributed by atoms with E-state index in [9.17, 15) is 0 Å². The number of nitrogens with zero attached hydrogens (tertiary/aromatic N) is 6. The van der Waals surface area contributed by atoms with E-state index in [0.29, 0.717) is 12.0 Å². The fourth-order valence-corrected chi connectivity index (χ4v) is 3.40. The lowest BCUT2D eigenvalue weighted by Gasteiger charge is -2.33. The second kappa shape index (κ2) is 6.28. The number of fused-ring (bicyclic) bond motifs is 1. The predicted octanol–water partition coefficient (Wildman–Crippen LogP) is 2.77. The zero-order chi connectivity index (χ0) is 16.5. The van der Waals surface area contributed by atoms with E-state index < -0.39 is 0 Å². The summed E-state index contributed by atoms with van der Waals surface area (Å²) >= 11 is 0. The van der Waals surface area contributed by atoms with Crippen LogP contribution in [0.5, 0.6) is 0 Å². The van der Waals surface area contributed by atoms with E-state index in [1.54, 1.807) is 6.20 Å². The van der Waals surface area contributed by atoms with Crippen LogP contribution in [-0.4, -0.2) is 48.8 Å². The molecular formula is C18H22N6. The van der Waals surface area contributed by atoms with Crippen molar-refractivity contribution in [1.29, 1.82) is 0 Å². The molecule has 0 spiro atoms. The molecule has 24 heavy (non-hydrogen) atoms. The van der Waals surface area contributed by atoms with Crippen LogP contribution in [0, 0.1) is 0 Å². The third kappa shape index (κ3) is 2.78. The van der Waals surface area contributed by atoms with E-state index in [1.165, 1.54) is 0 Å². The summed E-state index contributed by atoms with van der Waals surface area (Å²) in [6, 6.07) is 8.51.